The van der Waals surface area contributed by atoms with Gasteiger partial charge < -0.3 is 9.64 Å². The minimum atomic E-state index is -0.721. The van der Waals surface area contributed by atoms with Crippen molar-refractivity contribution in [2.24, 2.45) is 0 Å². The van der Waals surface area contributed by atoms with E-state index < -0.39 is 17.7 Å². The Morgan fingerprint density at radius 3 is 2.68 bits per heavy atom. The molecular weight excluding hydrogens is 326 g/mol. The van der Waals surface area contributed by atoms with Gasteiger partial charge in [-0.1, -0.05) is 12.1 Å². The van der Waals surface area contributed by atoms with Crippen LogP contribution in [0.3, 0.4) is 0 Å². The monoisotopic (exact) mass is 346 g/mol. The molecule has 0 aliphatic carbocycles. The molecule has 1 aliphatic rings. The van der Waals surface area contributed by atoms with Gasteiger partial charge in [-0.15, -0.1) is 0 Å². The molecule has 0 unspecified atom stereocenters. The first-order valence-electron chi connectivity index (χ1n) is 8.13. The molecule has 1 fully saturated rings. The molecule has 1 aliphatic heterocycles. The van der Waals surface area contributed by atoms with Gasteiger partial charge in [-0.25, -0.2) is 8.78 Å². The van der Waals surface area contributed by atoms with Crippen molar-refractivity contribution in [3.63, 3.8) is 0 Å². The molecule has 132 valence electrons. The number of nitrogens with zero attached hydrogens (tertiary/aromatic N) is 2. The Hall–Kier alpha value is -2.47. The van der Waals surface area contributed by atoms with E-state index in [1.54, 1.807) is 14.0 Å². The fourth-order valence-corrected chi connectivity index (χ4v) is 3.07. The summed E-state index contributed by atoms with van der Waals surface area (Å²) in [5.41, 5.74) is 1.17. The summed E-state index contributed by atoms with van der Waals surface area (Å²) in [6, 6.07) is 10.6. The zero-order chi connectivity index (χ0) is 18.0. The lowest BCUT2D eigenvalue weighted by molar-refractivity contribution is -0.125. The van der Waals surface area contributed by atoms with E-state index in [9.17, 15) is 13.6 Å². The number of carbonyl (C=O) groups is 1. The van der Waals surface area contributed by atoms with E-state index in [4.69, 9.17) is 4.74 Å². The van der Waals surface area contributed by atoms with Crippen molar-refractivity contribution >= 4 is 11.6 Å². The molecule has 3 rings (SSSR count). The summed E-state index contributed by atoms with van der Waals surface area (Å²) in [4.78, 5) is 16.1. The molecule has 4 nitrogen and oxygen atoms in total. The smallest absolute Gasteiger partial charge is 0.244 e. The average molecular weight is 346 g/mol. The third kappa shape index (κ3) is 3.64. The number of hydrogen-bond donors (Lipinski definition) is 0. The van der Waals surface area contributed by atoms with Gasteiger partial charge >= 0.3 is 0 Å². The molecule has 6 heteroatoms. The topological polar surface area (TPSA) is 32.8 Å². The maximum absolute atomic E-state index is 14.0. The Morgan fingerprint density at radius 1 is 1.16 bits per heavy atom. The second kappa shape index (κ2) is 7.19. The molecule has 1 saturated heterocycles. The summed E-state index contributed by atoms with van der Waals surface area (Å²) >= 11 is 0. The minimum absolute atomic E-state index is 0.124. The van der Waals surface area contributed by atoms with E-state index in [1.165, 1.54) is 17.0 Å². The predicted octanol–water partition coefficient (Wildman–Crippen LogP) is 3.21. The number of anilines is 1. The molecule has 0 radical (unpaired) electrons. The lowest BCUT2D eigenvalue weighted by Gasteiger charge is -2.39. The van der Waals surface area contributed by atoms with Crippen molar-refractivity contribution in [2.75, 3.05) is 25.1 Å². The molecule has 1 atom stereocenters. The van der Waals surface area contributed by atoms with E-state index in [-0.39, 0.29) is 11.6 Å². The van der Waals surface area contributed by atoms with Gasteiger partial charge in [-0.3, -0.25) is 9.69 Å². The van der Waals surface area contributed by atoms with Gasteiger partial charge in [-0.05, 0) is 36.8 Å². The number of amides is 1. The van der Waals surface area contributed by atoms with Crippen molar-refractivity contribution in [3.05, 3.63) is 59.7 Å². The van der Waals surface area contributed by atoms with Crippen molar-refractivity contribution in [3.8, 4) is 5.75 Å². The van der Waals surface area contributed by atoms with Crippen LogP contribution in [0.25, 0.3) is 0 Å². The Bertz CT molecular complexity index is 782. The van der Waals surface area contributed by atoms with E-state index in [1.807, 2.05) is 29.2 Å². The van der Waals surface area contributed by atoms with Gasteiger partial charge in [-0.2, -0.15) is 0 Å². The summed E-state index contributed by atoms with van der Waals surface area (Å²) in [5.74, 6) is -0.802. The Morgan fingerprint density at radius 2 is 1.96 bits per heavy atom. The number of hydrogen-bond acceptors (Lipinski definition) is 3. The molecule has 2 aromatic rings. The minimum Gasteiger partial charge on any atom is -0.497 e. The van der Waals surface area contributed by atoms with Crippen LogP contribution in [0.4, 0.5) is 14.5 Å². The van der Waals surface area contributed by atoms with Gasteiger partial charge in [0, 0.05) is 25.7 Å². The molecule has 1 heterocycles. The summed E-state index contributed by atoms with van der Waals surface area (Å²) in [5, 5.41) is 0. The van der Waals surface area contributed by atoms with Crippen LogP contribution in [0.15, 0.2) is 42.5 Å². The fraction of sp³-hybridized carbons (Fsp3) is 0.316. The van der Waals surface area contributed by atoms with Crippen LogP contribution >= 0.6 is 0 Å². The van der Waals surface area contributed by atoms with Crippen LogP contribution in [-0.2, 0) is 11.3 Å². The molecule has 0 bridgehead atoms. The number of piperazine rings is 1. The van der Waals surface area contributed by atoms with Crippen molar-refractivity contribution in [1.82, 2.24) is 4.90 Å². The first-order chi connectivity index (χ1) is 12.0. The quantitative estimate of drug-likeness (QED) is 0.852. The zero-order valence-corrected chi connectivity index (χ0v) is 14.2. The van der Waals surface area contributed by atoms with E-state index >= 15 is 0 Å². The predicted molar refractivity (Wildman–Crippen MR) is 91.6 cm³/mol. The largest absolute Gasteiger partial charge is 0.497 e. The van der Waals surface area contributed by atoms with Crippen molar-refractivity contribution in [1.29, 1.82) is 0 Å². The third-order valence-electron chi connectivity index (χ3n) is 4.50. The second-order valence-electron chi connectivity index (χ2n) is 6.08. The first kappa shape index (κ1) is 17.4. The van der Waals surface area contributed by atoms with Crippen LogP contribution < -0.4 is 9.64 Å². The van der Waals surface area contributed by atoms with Gasteiger partial charge in [0.05, 0.1) is 18.8 Å². The zero-order valence-electron chi connectivity index (χ0n) is 14.2. The fourth-order valence-electron chi connectivity index (χ4n) is 3.07. The third-order valence-corrected chi connectivity index (χ3v) is 4.50. The Labute approximate surface area is 145 Å². The van der Waals surface area contributed by atoms with Crippen molar-refractivity contribution in [2.45, 2.75) is 19.5 Å². The molecule has 0 saturated carbocycles. The van der Waals surface area contributed by atoms with Crippen LogP contribution in [0.1, 0.15) is 12.5 Å². The highest BCUT2D eigenvalue weighted by Gasteiger charge is 2.33. The molecule has 0 spiro atoms. The summed E-state index contributed by atoms with van der Waals surface area (Å²) in [6.45, 7) is 3.36. The summed E-state index contributed by atoms with van der Waals surface area (Å²) < 4.78 is 32.3. The van der Waals surface area contributed by atoms with Crippen LogP contribution in [0.5, 0.6) is 5.75 Å². The first-order valence-corrected chi connectivity index (χ1v) is 8.13. The number of methoxy groups -OCH3 is 1. The maximum atomic E-state index is 14.0. The Kier molecular flexibility index (Phi) is 4.99. The highest BCUT2D eigenvalue weighted by atomic mass is 19.1. The Balaban J connectivity index is 1.74. The highest BCUT2D eigenvalue weighted by molar-refractivity contribution is 5.97. The second-order valence-corrected chi connectivity index (χ2v) is 6.08. The molecule has 1 amide bonds. The van der Waals surface area contributed by atoms with Gasteiger partial charge in [0.15, 0.2) is 0 Å². The maximum Gasteiger partial charge on any atom is 0.244 e. The van der Waals surface area contributed by atoms with Gasteiger partial charge in [0.1, 0.15) is 17.4 Å². The van der Waals surface area contributed by atoms with Crippen LogP contribution in [0.2, 0.25) is 0 Å². The number of halogens is 2. The van der Waals surface area contributed by atoms with E-state index in [0.717, 1.165) is 17.4 Å². The molecule has 2 aromatic carbocycles. The average Bonchev–Trinajstić information content (AvgIpc) is 2.60. The lowest BCUT2D eigenvalue weighted by atomic mass is 10.1. The van der Waals surface area contributed by atoms with Gasteiger partial charge in [0.2, 0.25) is 5.91 Å². The van der Waals surface area contributed by atoms with E-state index in [2.05, 4.69) is 0 Å². The number of rotatable bonds is 4. The SMILES string of the molecule is COc1cccc(CN2CCN(c3ccc(F)cc3F)C(=O)[C@@H]2C)c1. The highest BCUT2D eigenvalue weighted by Crippen LogP contribution is 2.25. The standard InChI is InChI=1S/C19H20F2N2O2/c1-13-19(24)23(18-7-6-15(20)11-17(18)21)9-8-22(13)12-14-4-3-5-16(10-14)25-2/h3-7,10-11,13H,8-9,12H2,1-2H3/t13-/m0/s1. The van der Waals surface area contributed by atoms with Crippen molar-refractivity contribution < 1.29 is 18.3 Å². The molecular formula is C19H20F2N2O2. The normalized spacial score (nSPS) is 18.5. The summed E-state index contributed by atoms with van der Waals surface area (Å²) in [7, 11) is 1.61. The van der Waals surface area contributed by atoms with E-state index in [0.29, 0.717) is 19.6 Å². The number of benzene rings is 2. The lowest BCUT2D eigenvalue weighted by Crippen LogP contribution is -2.55. The number of carbonyl (C=O) groups excluding carboxylic acids is 1. The molecule has 25 heavy (non-hydrogen) atoms. The number of ether oxygens (including phenoxy) is 1. The van der Waals surface area contributed by atoms with Gasteiger partial charge in [0.25, 0.3) is 0 Å². The summed E-state index contributed by atoms with van der Waals surface area (Å²) in [6.07, 6.45) is 0. The van der Waals surface area contributed by atoms with Crippen LogP contribution in [0, 0.1) is 11.6 Å². The molecule has 0 aromatic heterocycles. The molecule has 0 N–H and O–H groups in total. The van der Waals surface area contributed by atoms with Crippen LogP contribution in [-0.4, -0.2) is 37.0 Å².